The molecule has 0 saturated carbocycles. The van der Waals surface area contributed by atoms with Crippen LogP contribution in [0.2, 0.25) is 0 Å². The first-order chi connectivity index (χ1) is 12.8. The Kier molecular flexibility index (Phi) is 6.89. The van der Waals surface area contributed by atoms with E-state index in [1.54, 1.807) is 18.2 Å². The van der Waals surface area contributed by atoms with Crippen molar-refractivity contribution >= 4 is 33.4 Å². The summed E-state index contributed by atoms with van der Waals surface area (Å²) in [6, 6.07) is 10.4. The normalized spacial score (nSPS) is 10.4. The molecule has 0 saturated heterocycles. The number of ether oxygens (including phenoxy) is 1. The van der Waals surface area contributed by atoms with Gasteiger partial charge in [-0.3, -0.25) is 30.6 Å². The lowest BCUT2D eigenvalue weighted by Gasteiger charge is -2.14. The number of halogens is 1. The summed E-state index contributed by atoms with van der Waals surface area (Å²) >= 11 is 3.29. The number of benzene rings is 2. The number of amides is 2. The summed E-state index contributed by atoms with van der Waals surface area (Å²) in [5.74, 6) is -0.774. The number of carbonyl (C=O) groups is 2. The fourth-order valence-electron chi connectivity index (χ4n) is 2.14. The highest BCUT2D eigenvalue weighted by atomic mass is 79.9. The maximum Gasteiger partial charge on any atom is 0.282 e. The van der Waals surface area contributed by atoms with Gasteiger partial charge in [-0.1, -0.05) is 41.9 Å². The summed E-state index contributed by atoms with van der Waals surface area (Å²) in [6.07, 6.45) is 0. The van der Waals surface area contributed by atoms with Crippen molar-refractivity contribution < 1.29 is 19.2 Å². The van der Waals surface area contributed by atoms with Crippen LogP contribution in [0.5, 0.6) is 5.75 Å². The largest absolute Gasteiger partial charge is 0.492 e. The number of hydrogen-bond donors (Lipinski definition) is 2. The molecule has 0 aliphatic heterocycles. The molecule has 142 valence electrons. The smallest absolute Gasteiger partial charge is 0.282 e. The lowest BCUT2D eigenvalue weighted by Crippen LogP contribution is -2.42. The minimum absolute atomic E-state index is 0.159. The number of nitro groups is 1. The summed E-state index contributed by atoms with van der Waals surface area (Å²) < 4.78 is 6.29. The van der Waals surface area contributed by atoms with E-state index in [0.29, 0.717) is 16.8 Å². The fourth-order valence-corrected chi connectivity index (χ4v) is 2.50. The third-order valence-electron chi connectivity index (χ3n) is 3.39. The zero-order valence-electron chi connectivity index (χ0n) is 14.7. The molecule has 2 rings (SSSR count). The van der Waals surface area contributed by atoms with Gasteiger partial charge >= 0.3 is 0 Å². The number of para-hydroxylation sites is 1. The second-order valence-electron chi connectivity index (χ2n) is 6.03. The first-order valence-electron chi connectivity index (χ1n) is 8.06. The molecule has 2 N–H and O–H groups in total. The minimum Gasteiger partial charge on any atom is -0.492 e. The summed E-state index contributed by atoms with van der Waals surface area (Å²) in [6.45, 7) is 4.38. The van der Waals surface area contributed by atoms with Gasteiger partial charge in [0.1, 0.15) is 11.3 Å². The van der Waals surface area contributed by atoms with Gasteiger partial charge in [-0.25, -0.2) is 0 Å². The number of hydrazine groups is 1. The zero-order valence-corrected chi connectivity index (χ0v) is 16.3. The summed E-state index contributed by atoms with van der Waals surface area (Å²) in [5, 5.41) is 11.0. The Bertz CT molecular complexity index is 870. The molecule has 0 bridgehead atoms. The van der Waals surface area contributed by atoms with Crippen molar-refractivity contribution in [2.24, 2.45) is 5.92 Å². The van der Waals surface area contributed by atoms with Gasteiger partial charge in [-0.2, -0.15) is 0 Å². The first-order valence-corrected chi connectivity index (χ1v) is 8.85. The molecular formula is C18H18BrN3O5. The average molecular weight is 436 g/mol. The SMILES string of the molecule is CC(C)COc1ccc(Br)cc1C(=O)NNC(=O)c1ccccc1[N+](=O)[O-]. The van der Waals surface area contributed by atoms with Crippen LogP contribution in [-0.2, 0) is 0 Å². The second kappa shape index (κ2) is 9.13. The molecule has 0 fully saturated rings. The van der Waals surface area contributed by atoms with Crippen molar-refractivity contribution in [3.8, 4) is 5.75 Å². The van der Waals surface area contributed by atoms with Gasteiger partial charge in [0, 0.05) is 10.5 Å². The van der Waals surface area contributed by atoms with Crippen molar-refractivity contribution in [3.63, 3.8) is 0 Å². The van der Waals surface area contributed by atoms with Gasteiger partial charge < -0.3 is 4.74 Å². The molecule has 2 aromatic rings. The van der Waals surface area contributed by atoms with Crippen molar-refractivity contribution in [2.45, 2.75) is 13.8 Å². The summed E-state index contributed by atoms with van der Waals surface area (Å²) in [4.78, 5) is 35.0. The van der Waals surface area contributed by atoms with Gasteiger partial charge in [0.25, 0.3) is 17.5 Å². The molecule has 0 aromatic heterocycles. The van der Waals surface area contributed by atoms with Crippen LogP contribution in [-0.4, -0.2) is 23.3 Å². The van der Waals surface area contributed by atoms with E-state index in [4.69, 9.17) is 4.74 Å². The quantitative estimate of drug-likeness (QED) is 0.532. The lowest BCUT2D eigenvalue weighted by molar-refractivity contribution is -0.385. The maximum atomic E-state index is 12.5. The molecule has 8 nitrogen and oxygen atoms in total. The van der Waals surface area contributed by atoms with Crippen molar-refractivity contribution in [2.75, 3.05) is 6.61 Å². The van der Waals surface area contributed by atoms with Crippen molar-refractivity contribution in [1.82, 2.24) is 10.9 Å². The monoisotopic (exact) mass is 435 g/mol. The Morgan fingerprint density at radius 2 is 1.74 bits per heavy atom. The van der Waals surface area contributed by atoms with Crippen LogP contribution < -0.4 is 15.6 Å². The Balaban J connectivity index is 2.13. The van der Waals surface area contributed by atoms with E-state index in [0.717, 1.165) is 0 Å². The Morgan fingerprint density at radius 3 is 2.37 bits per heavy atom. The van der Waals surface area contributed by atoms with E-state index < -0.39 is 16.7 Å². The first kappa shape index (κ1) is 20.4. The summed E-state index contributed by atoms with van der Waals surface area (Å²) in [5.41, 5.74) is 4.15. The van der Waals surface area contributed by atoms with E-state index in [1.807, 2.05) is 13.8 Å². The van der Waals surface area contributed by atoms with E-state index in [9.17, 15) is 19.7 Å². The second-order valence-corrected chi connectivity index (χ2v) is 6.94. The highest BCUT2D eigenvalue weighted by Crippen LogP contribution is 2.24. The predicted molar refractivity (Wildman–Crippen MR) is 103 cm³/mol. The van der Waals surface area contributed by atoms with Crippen molar-refractivity contribution in [3.05, 3.63) is 68.2 Å². The van der Waals surface area contributed by atoms with Crippen LogP contribution in [0, 0.1) is 16.0 Å². The molecule has 0 unspecified atom stereocenters. The number of nitrogens with one attached hydrogen (secondary N) is 2. The molecular weight excluding hydrogens is 418 g/mol. The molecule has 0 aliphatic rings. The molecule has 2 amide bonds. The van der Waals surface area contributed by atoms with Crippen LogP contribution in [0.15, 0.2) is 46.9 Å². The maximum absolute atomic E-state index is 12.5. The molecule has 0 radical (unpaired) electrons. The van der Waals surface area contributed by atoms with Crippen LogP contribution in [0.1, 0.15) is 34.6 Å². The molecule has 0 aliphatic carbocycles. The van der Waals surface area contributed by atoms with Crippen LogP contribution in [0.3, 0.4) is 0 Å². The van der Waals surface area contributed by atoms with Gasteiger partial charge in [0.05, 0.1) is 17.1 Å². The number of rotatable bonds is 6. The van der Waals surface area contributed by atoms with E-state index in [1.165, 1.54) is 24.3 Å². The highest BCUT2D eigenvalue weighted by Gasteiger charge is 2.20. The average Bonchev–Trinajstić information content (AvgIpc) is 2.64. The summed E-state index contributed by atoms with van der Waals surface area (Å²) in [7, 11) is 0. The fraction of sp³-hybridized carbons (Fsp3) is 0.222. The van der Waals surface area contributed by atoms with Gasteiger partial charge in [-0.05, 0) is 30.2 Å². The van der Waals surface area contributed by atoms with E-state index in [2.05, 4.69) is 26.8 Å². The van der Waals surface area contributed by atoms with Crippen LogP contribution in [0.4, 0.5) is 5.69 Å². The van der Waals surface area contributed by atoms with E-state index >= 15 is 0 Å². The van der Waals surface area contributed by atoms with E-state index in [-0.39, 0.29) is 22.7 Å². The molecule has 0 spiro atoms. The van der Waals surface area contributed by atoms with Crippen molar-refractivity contribution in [1.29, 1.82) is 0 Å². The predicted octanol–water partition coefficient (Wildman–Crippen LogP) is 3.47. The van der Waals surface area contributed by atoms with Gasteiger partial charge in [-0.15, -0.1) is 0 Å². The highest BCUT2D eigenvalue weighted by molar-refractivity contribution is 9.10. The zero-order chi connectivity index (χ0) is 20.0. The molecule has 9 heteroatoms. The van der Waals surface area contributed by atoms with Gasteiger partial charge in [0.2, 0.25) is 0 Å². The number of nitrogens with zero attached hydrogens (tertiary/aromatic N) is 1. The molecule has 0 atom stereocenters. The number of hydrogen-bond acceptors (Lipinski definition) is 5. The number of carbonyl (C=O) groups excluding carboxylic acids is 2. The minimum atomic E-state index is -0.796. The molecule has 0 heterocycles. The standard InChI is InChI=1S/C18H18BrN3O5/c1-11(2)10-27-16-8-7-12(19)9-14(16)18(24)21-20-17(23)13-5-3-4-6-15(13)22(25)26/h3-9,11H,10H2,1-2H3,(H,20,23)(H,21,24). The molecule has 27 heavy (non-hydrogen) atoms. The Hall–Kier alpha value is -2.94. The van der Waals surface area contributed by atoms with Crippen LogP contribution in [0.25, 0.3) is 0 Å². The number of nitro benzene ring substituents is 1. The van der Waals surface area contributed by atoms with Crippen LogP contribution >= 0.6 is 15.9 Å². The third-order valence-corrected chi connectivity index (χ3v) is 3.89. The van der Waals surface area contributed by atoms with Gasteiger partial charge in [0.15, 0.2) is 0 Å². The Morgan fingerprint density at radius 1 is 1.11 bits per heavy atom. The Labute approximate surface area is 164 Å². The molecule has 2 aromatic carbocycles. The lowest BCUT2D eigenvalue weighted by atomic mass is 10.1. The topological polar surface area (TPSA) is 111 Å². The third kappa shape index (κ3) is 5.52.